The Morgan fingerprint density at radius 3 is 2.94 bits per heavy atom. The van der Waals surface area contributed by atoms with E-state index in [1.165, 1.54) is 0 Å². The van der Waals surface area contributed by atoms with Crippen molar-refractivity contribution >= 4 is 0 Å². The van der Waals surface area contributed by atoms with Gasteiger partial charge in [0.15, 0.2) is 0 Å². The van der Waals surface area contributed by atoms with Gasteiger partial charge in [0.25, 0.3) is 0 Å². The SMILES string of the molecule is COC(C)(C)CNCc1ccnc(C#N)c1. The van der Waals surface area contributed by atoms with E-state index in [0.717, 1.165) is 12.1 Å². The second-order valence-corrected chi connectivity index (χ2v) is 4.23. The predicted octanol–water partition coefficient (Wildman–Crippen LogP) is 1.47. The monoisotopic (exact) mass is 219 g/mol. The number of nitriles is 1. The van der Waals surface area contributed by atoms with E-state index in [1.807, 2.05) is 26.0 Å². The molecular weight excluding hydrogens is 202 g/mol. The lowest BCUT2D eigenvalue weighted by Gasteiger charge is -2.23. The molecule has 0 saturated heterocycles. The molecule has 0 spiro atoms. The molecule has 0 aliphatic heterocycles. The number of ether oxygens (including phenoxy) is 1. The molecule has 0 fully saturated rings. The van der Waals surface area contributed by atoms with Crippen LogP contribution in [-0.2, 0) is 11.3 Å². The van der Waals surface area contributed by atoms with Crippen molar-refractivity contribution in [3.05, 3.63) is 29.6 Å². The van der Waals surface area contributed by atoms with Crippen LogP contribution in [-0.4, -0.2) is 24.2 Å². The first-order valence-corrected chi connectivity index (χ1v) is 5.18. The maximum absolute atomic E-state index is 8.70. The Kier molecular flexibility index (Phi) is 4.41. The van der Waals surface area contributed by atoms with E-state index in [4.69, 9.17) is 10.00 Å². The lowest BCUT2D eigenvalue weighted by Crippen LogP contribution is -2.36. The molecule has 0 aromatic carbocycles. The Hall–Kier alpha value is -1.44. The van der Waals surface area contributed by atoms with E-state index in [2.05, 4.69) is 10.3 Å². The highest BCUT2D eigenvalue weighted by Crippen LogP contribution is 2.06. The second kappa shape index (κ2) is 5.59. The molecule has 1 aromatic heterocycles. The van der Waals surface area contributed by atoms with Crippen LogP contribution in [0.4, 0.5) is 0 Å². The van der Waals surface area contributed by atoms with Crippen LogP contribution in [0.2, 0.25) is 0 Å². The number of aromatic nitrogens is 1. The zero-order valence-corrected chi connectivity index (χ0v) is 9.95. The van der Waals surface area contributed by atoms with E-state index in [-0.39, 0.29) is 5.60 Å². The van der Waals surface area contributed by atoms with E-state index >= 15 is 0 Å². The molecule has 4 nitrogen and oxygen atoms in total. The van der Waals surface area contributed by atoms with Crippen LogP contribution in [0.25, 0.3) is 0 Å². The van der Waals surface area contributed by atoms with Gasteiger partial charge in [0.1, 0.15) is 11.8 Å². The predicted molar refractivity (Wildman–Crippen MR) is 61.7 cm³/mol. The maximum Gasteiger partial charge on any atom is 0.140 e. The van der Waals surface area contributed by atoms with Crippen molar-refractivity contribution in [3.8, 4) is 6.07 Å². The Morgan fingerprint density at radius 1 is 1.56 bits per heavy atom. The molecule has 16 heavy (non-hydrogen) atoms. The molecule has 0 saturated carbocycles. The highest BCUT2D eigenvalue weighted by atomic mass is 16.5. The molecule has 0 atom stereocenters. The van der Waals surface area contributed by atoms with Gasteiger partial charge in [0.05, 0.1) is 5.60 Å². The van der Waals surface area contributed by atoms with Crippen molar-refractivity contribution < 1.29 is 4.74 Å². The van der Waals surface area contributed by atoms with Gasteiger partial charge in [-0.05, 0) is 31.5 Å². The molecule has 1 N–H and O–H groups in total. The third-order valence-corrected chi connectivity index (χ3v) is 2.37. The first-order valence-electron chi connectivity index (χ1n) is 5.18. The fourth-order valence-corrected chi connectivity index (χ4v) is 1.23. The number of hydrogen-bond donors (Lipinski definition) is 1. The van der Waals surface area contributed by atoms with Gasteiger partial charge < -0.3 is 10.1 Å². The molecule has 0 bridgehead atoms. The van der Waals surface area contributed by atoms with Gasteiger partial charge >= 0.3 is 0 Å². The topological polar surface area (TPSA) is 57.9 Å². The van der Waals surface area contributed by atoms with Crippen LogP contribution in [0.1, 0.15) is 25.1 Å². The standard InChI is InChI=1S/C12H17N3O/c1-12(2,16-3)9-14-8-10-4-5-15-11(6-10)7-13/h4-6,14H,8-9H2,1-3H3. The second-order valence-electron chi connectivity index (χ2n) is 4.23. The lowest BCUT2D eigenvalue weighted by molar-refractivity contribution is 0.0230. The average Bonchev–Trinajstić information content (AvgIpc) is 2.29. The van der Waals surface area contributed by atoms with E-state index in [9.17, 15) is 0 Å². The fraction of sp³-hybridized carbons (Fsp3) is 0.500. The van der Waals surface area contributed by atoms with Crippen LogP contribution in [0, 0.1) is 11.3 Å². The smallest absolute Gasteiger partial charge is 0.140 e. The van der Waals surface area contributed by atoms with Gasteiger partial charge in [-0.1, -0.05) is 0 Å². The van der Waals surface area contributed by atoms with Gasteiger partial charge in [-0.25, -0.2) is 4.98 Å². The summed E-state index contributed by atoms with van der Waals surface area (Å²) in [5.74, 6) is 0. The molecule has 1 rings (SSSR count). The normalized spacial score (nSPS) is 11.1. The van der Waals surface area contributed by atoms with Crippen LogP contribution in [0.15, 0.2) is 18.3 Å². The largest absolute Gasteiger partial charge is 0.377 e. The average molecular weight is 219 g/mol. The van der Waals surface area contributed by atoms with Crippen molar-refractivity contribution in [3.63, 3.8) is 0 Å². The summed E-state index contributed by atoms with van der Waals surface area (Å²) < 4.78 is 5.29. The first kappa shape index (κ1) is 12.6. The van der Waals surface area contributed by atoms with Gasteiger partial charge in [-0.15, -0.1) is 0 Å². The molecule has 86 valence electrons. The van der Waals surface area contributed by atoms with Crippen LogP contribution >= 0.6 is 0 Å². The van der Waals surface area contributed by atoms with Gasteiger partial charge in [0, 0.05) is 26.4 Å². The Bertz CT molecular complexity index is 382. The first-order chi connectivity index (χ1) is 7.57. The number of pyridine rings is 1. The highest BCUT2D eigenvalue weighted by molar-refractivity contribution is 5.25. The van der Waals surface area contributed by atoms with Crippen LogP contribution < -0.4 is 5.32 Å². The highest BCUT2D eigenvalue weighted by Gasteiger charge is 2.14. The molecule has 0 unspecified atom stereocenters. The van der Waals surface area contributed by atoms with Gasteiger partial charge in [0.2, 0.25) is 0 Å². The fourth-order valence-electron chi connectivity index (χ4n) is 1.23. The van der Waals surface area contributed by atoms with Crippen molar-refractivity contribution in [1.82, 2.24) is 10.3 Å². The number of nitrogens with one attached hydrogen (secondary N) is 1. The van der Waals surface area contributed by atoms with Gasteiger partial charge in [-0.2, -0.15) is 5.26 Å². The zero-order chi connectivity index (χ0) is 12.0. The Labute approximate surface area is 96.3 Å². The van der Waals surface area contributed by atoms with E-state index in [0.29, 0.717) is 12.2 Å². The molecule has 4 heteroatoms. The van der Waals surface area contributed by atoms with Crippen molar-refractivity contribution in [2.24, 2.45) is 0 Å². The summed E-state index contributed by atoms with van der Waals surface area (Å²) in [7, 11) is 1.70. The number of rotatable bonds is 5. The molecule has 0 aliphatic carbocycles. The van der Waals surface area contributed by atoms with Crippen molar-refractivity contribution in [1.29, 1.82) is 5.26 Å². The minimum atomic E-state index is -0.176. The summed E-state index contributed by atoms with van der Waals surface area (Å²) in [5, 5.41) is 12.0. The maximum atomic E-state index is 8.70. The molecule has 0 radical (unpaired) electrons. The summed E-state index contributed by atoms with van der Waals surface area (Å²) in [6.45, 7) is 5.51. The summed E-state index contributed by atoms with van der Waals surface area (Å²) >= 11 is 0. The molecular formula is C12H17N3O. The summed E-state index contributed by atoms with van der Waals surface area (Å²) in [4.78, 5) is 3.92. The minimum absolute atomic E-state index is 0.176. The quantitative estimate of drug-likeness (QED) is 0.814. The number of hydrogen-bond acceptors (Lipinski definition) is 4. The summed E-state index contributed by atoms with van der Waals surface area (Å²) in [6, 6.07) is 5.70. The van der Waals surface area contributed by atoms with Crippen LogP contribution in [0.3, 0.4) is 0 Å². The van der Waals surface area contributed by atoms with Crippen molar-refractivity contribution in [2.75, 3.05) is 13.7 Å². The third kappa shape index (κ3) is 3.97. The minimum Gasteiger partial charge on any atom is -0.377 e. The lowest BCUT2D eigenvalue weighted by atomic mass is 10.1. The van der Waals surface area contributed by atoms with E-state index < -0.39 is 0 Å². The molecule has 0 amide bonds. The van der Waals surface area contributed by atoms with E-state index in [1.54, 1.807) is 19.4 Å². The third-order valence-electron chi connectivity index (χ3n) is 2.37. The van der Waals surface area contributed by atoms with Gasteiger partial charge in [-0.3, -0.25) is 0 Å². The number of methoxy groups -OCH3 is 1. The molecule has 1 aromatic rings. The van der Waals surface area contributed by atoms with Crippen LogP contribution in [0.5, 0.6) is 0 Å². The summed E-state index contributed by atoms with van der Waals surface area (Å²) in [6.07, 6.45) is 1.65. The Balaban J connectivity index is 2.46. The van der Waals surface area contributed by atoms with Crippen molar-refractivity contribution in [2.45, 2.75) is 26.0 Å². The zero-order valence-electron chi connectivity index (χ0n) is 9.95. The summed E-state index contributed by atoms with van der Waals surface area (Å²) in [5.41, 5.74) is 1.33. The Morgan fingerprint density at radius 2 is 2.31 bits per heavy atom. The molecule has 1 heterocycles. The number of nitrogens with zero attached hydrogens (tertiary/aromatic N) is 2. The molecule has 0 aliphatic rings.